The van der Waals surface area contributed by atoms with Crippen molar-refractivity contribution in [1.82, 2.24) is 19.8 Å². The number of imidazole rings is 1. The number of aliphatic hydroxyl groups is 1. The molecule has 2 aliphatic heterocycles. The monoisotopic (exact) mass is 384 g/mol. The lowest BCUT2D eigenvalue weighted by molar-refractivity contribution is -0.134. The fraction of sp³-hybridized carbons (Fsp3) is 0.524. The molecule has 150 valence electrons. The number of amides is 1. The van der Waals surface area contributed by atoms with Crippen molar-refractivity contribution < 1.29 is 14.6 Å². The Labute approximate surface area is 165 Å². The number of aromatic nitrogens is 2. The molecule has 2 aliphatic rings. The average molecular weight is 384 g/mol. The van der Waals surface area contributed by atoms with E-state index in [2.05, 4.69) is 17.2 Å². The zero-order valence-electron chi connectivity index (χ0n) is 16.3. The molecular weight excluding hydrogens is 356 g/mol. The first kappa shape index (κ1) is 19.0. The summed E-state index contributed by atoms with van der Waals surface area (Å²) in [7, 11) is 0. The number of piperidine rings is 1. The number of hydrogen-bond acceptors (Lipinski definition) is 5. The van der Waals surface area contributed by atoms with Crippen LogP contribution in [0, 0.1) is 5.92 Å². The number of rotatable bonds is 5. The predicted molar refractivity (Wildman–Crippen MR) is 106 cm³/mol. The summed E-state index contributed by atoms with van der Waals surface area (Å²) < 4.78 is 7.71. The highest BCUT2D eigenvalue weighted by molar-refractivity contribution is 5.77. The van der Waals surface area contributed by atoms with Crippen molar-refractivity contribution in [2.75, 3.05) is 32.8 Å². The van der Waals surface area contributed by atoms with Crippen molar-refractivity contribution in [3.05, 3.63) is 36.7 Å². The molecule has 0 unspecified atom stereocenters. The quantitative estimate of drug-likeness (QED) is 0.820. The Kier molecular flexibility index (Phi) is 5.64. The number of ether oxygens (including phenoxy) is 1. The van der Waals surface area contributed by atoms with Gasteiger partial charge >= 0.3 is 0 Å². The number of nitrogens with zero attached hydrogens (tertiary/aromatic N) is 3. The van der Waals surface area contributed by atoms with Crippen LogP contribution in [0.1, 0.15) is 25.8 Å². The molecule has 1 amide bonds. The van der Waals surface area contributed by atoms with Gasteiger partial charge in [0.05, 0.1) is 12.1 Å². The van der Waals surface area contributed by atoms with Crippen LogP contribution in [0.2, 0.25) is 0 Å². The first-order chi connectivity index (χ1) is 13.6. The van der Waals surface area contributed by atoms with Crippen LogP contribution in [-0.4, -0.2) is 64.4 Å². The highest BCUT2D eigenvalue weighted by Crippen LogP contribution is 2.26. The molecule has 0 aliphatic carbocycles. The van der Waals surface area contributed by atoms with Crippen molar-refractivity contribution in [2.45, 2.75) is 31.9 Å². The molecule has 7 heteroatoms. The lowest BCUT2D eigenvalue weighted by Gasteiger charge is -2.30. The lowest BCUT2D eigenvalue weighted by atomic mass is 9.99. The maximum Gasteiger partial charge on any atom is 0.260 e. The van der Waals surface area contributed by atoms with Gasteiger partial charge in [-0.3, -0.25) is 4.79 Å². The molecule has 28 heavy (non-hydrogen) atoms. The summed E-state index contributed by atoms with van der Waals surface area (Å²) in [5.41, 5.74) is 0.952. The Bertz CT molecular complexity index is 796. The van der Waals surface area contributed by atoms with Gasteiger partial charge in [0.2, 0.25) is 0 Å². The highest BCUT2D eigenvalue weighted by atomic mass is 16.5. The molecule has 0 radical (unpaired) electrons. The number of carbonyl (C=O) groups is 1. The van der Waals surface area contributed by atoms with Gasteiger partial charge in [-0.05, 0) is 43.0 Å². The summed E-state index contributed by atoms with van der Waals surface area (Å²) in [6.07, 6.45) is 5.37. The van der Waals surface area contributed by atoms with Crippen LogP contribution in [0.4, 0.5) is 0 Å². The summed E-state index contributed by atoms with van der Waals surface area (Å²) in [5.74, 6) is 2.24. The molecule has 4 rings (SSSR count). The minimum absolute atomic E-state index is 0.0155. The number of benzene rings is 1. The third-order valence-electron chi connectivity index (χ3n) is 5.79. The van der Waals surface area contributed by atoms with Crippen molar-refractivity contribution in [2.24, 2.45) is 5.92 Å². The molecule has 0 saturated carbocycles. The summed E-state index contributed by atoms with van der Waals surface area (Å²) in [4.78, 5) is 18.7. The lowest BCUT2D eigenvalue weighted by Crippen LogP contribution is -2.40. The predicted octanol–water partition coefficient (Wildman–Crippen LogP) is 1.69. The second-order valence-corrected chi connectivity index (χ2v) is 7.83. The van der Waals surface area contributed by atoms with Crippen LogP contribution in [0.25, 0.3) is 11.4 Å². The average Bonchev–Trinajstić information content (AvgIpc) is 3.35. The van der Waals surface area contributed by atoms with Crippen LogP contribution in [0.3, 0.4) is 0 Å². The molecule has 1 aromatic carbocycles. The highest BCUT2D eigenvalue weighted by Gasteiger charge is 2.28. The summed E-state index contributed by atoms with van der Waals surface area (Å²) in [6, 6.07) is 7.59. The number of aliphatic hydroxyl groups excluding tert-OH is 1. The van der Waals surface area contributed by atoms with Gasteiger partial charge in [-0.2, -0.15) is 0 Å². The molecule has 2 aromatic rings. The smallest absolute Gasteiger partial charge is 0.260 e. The van der Waals surface area contributed by atoms with Crippen molar-refractivity contribution in [3.8, 4) is 17.1 Å². The molecule has 2 N–H and O–H groups in total. The Hall–Kier alpha value is -2.38. The maximum absolute atomic E-state index is 12.3. The van der Waals surface area contributed by atoms with E-state index in [1.54, 1.807) is 6.20 Å². The minimum atomic E-state index is -0.417. The van der Waals surface area contributed by atoms with Crippen LogP contribution in [-0.2, 0) is 4.79 Å². The first-order valence-corrected chi connectivity index (χ1v) is 10.0. The summed E-state index contributed by atoms with van der Waals surface area (Å²) in [5, 5.41) is 13.4. The van der Waals surface area contributed by atoms with E-state index >= 15 is 0 Å². The summed E-state index contributed by atoms with van der Waals surface area (Å²) >= 11 is 0. The Morgan fingerprint density at radius 3 is 2.68 bits per heavy atom. The van der Waals surface area contributed by atoms with Crippen molar-refractivity contribution >= 4 is 5.91 Å². The Balaban J connectivity index is 1.37. The van der Waals surface area contributed by atoms with Crippen LogP contribution < -0.4 is 10.1 Å². The SMILES string of the molecule is CC1CCN(C(=O)COc2ccc(-c3nccn3[C@@H]3CNC[C@@H]3O)cc2)CC1. The van der Waals surface area contributed by atoms with Gasteiger partial charge in [0.25, 0.3) is 5.91 Å². The number of β-amino-alcohol motifs (C(OH)–C–C–N with tert-alkyl or cyclic N) is 1. The molecule has 7 nitrogen and oxygen atoms in total. The van der Waals surface area contributed by atoms with Crippen LogP contribution >= 0.6 is 0 Å². The third-order valence-corrected chi connectivity index (χ3v) is 5.79. The van der Waals surface area contributed by atoms with Crippen molar-refractivity contribution in [1.29, 1.82) is 0 Å². The fourth-order valence-corrected chi connectivity index (χ4v) is 3.93. The van der Waals surface area contributed by atoms with Gasteiger partial charge in [-0.25, -0.2) is 4.98 Å². The molecule has 2 saturated heterocycles. The number of carbonyl (C=O) groups excluding carboxylic acids is 1. The normalized spacial score (nSPS) is 23.1. The van der Waals surface area contributed by atoms with E-state index in [0.29, 0.717) is 18.2 Å². The van der Waals surface area contributed by atoms with Crippen LogP contribution in [0.5, 0.6) is 5.75 Å². The Morgan fingerprint density at radius 2 is 2.00 bits per heavy atom. The van der Waals surface area contributed by atoms with Crippen molar-refractivity contribution in [3.63, 3.8) is 0 Å². The second kappa shape index (κ2) is 8.32. The molecular formula is C21H28N4O3. The van der Waals surface area contributed by atoms with Gasteiger partial charge in [-0.1, -0.05) is 6.92 Å². The number of likely N-dealkylation sites (tertiary alicyclic amines) is 1. The maximum atomic E-state index is 12.3. The van der Waals surface area contributed by atoms with E-state index in [-0.39, 0.29) is 18.6 Å². The van der Waals surface area contributed by atoms with E-state index in [1.807, 2.05) is 39.9 Å². The fourth-order valence-electron chi connectivity index (χ4n) is 3.93. The van der Waals surface area contributed by atoms with Gasteiger partial charge in [0, 0.05) is 44.1 Å². The zero-order chi connectivity index (χ0) is 19.5. The van der Waals surface area contributed by atoms with Gasteiger partial charge in [0.1, 0.15) is 11.6 Å². The first-order valence-electron chi connectivity index (χ1n) is 10.0. The molecule has 0 spiro atoms. The van der Waals surface area contributed by atoms with E-state index in [9.17, 15) is 9.90 Å². The summed E-state index contributed by atoms with van der Waals surface area (Å²) in [6.45, 7) is 5.28. The number of nitrogens with one attached hydrogen (secondary N) is 1. The topological polar surface area (TPSA) is 79.6 Å². The van der Waals surface area contributed by atoms with E-state index in [4.69, 9.17) is 4.74 Å². The van der Waals surface area contributed by atoms with Gasteiger partial charge in [0.15, 0.2) is 6.61 Å². The van der Waals surface area contributed by atoms with Crippen LogP contribution in [0.15, 0.2) is 36.7 Å². The third kappa shape index (κ3) is 4.05. The van der Waals surface area contributed by atoms with E-state index in [1.165, 1.54) is 0 Å². The Morgan fingerprint density at radius 1 is 1.25 bits per heavy atom. The van der Waals surface area contributed by atoms with Gasteiger partial charge in [-0.15, -0.1) is 0 Å². The minimum Gasteiger partial charge on any atom is -0.484 e. The standard InChI is InChI=1S/C21H28N4O3/c1-15-6-9-24(10-7-15)20(27)14-28-17-4-2-16(3-5-17)21-23-8-11-25(21)18-12-22-13-19(18)26/h2-5,8,11,15,18-19,22,26H,6-7,9-10,12-14H2,1H3/t18-,19+/m1/s1. The van der Waals surface area contributed by atoms with Gasteiger partial charge < -0.3 is 24.6 Å². The molecule has 0 bridgehead atoms. The van der Waals surface area contributed by atoms with E-state index in [0.717, 1.165) is 43.9 Å². The zero-order valence-corrected chi connectivity index (χ0v) is 16.3. The molecule has 2 fully saturated rings. The molecule has 2 atom stereocenters. The molecule has 1 aromatic heterocycles. The largest absolute Gasteiger partial charge is 0.484 e. The van der Waals surface area contributed by atoms with E-state index < -0.39 is 6.10 Å². The molecule has 3 heterocycles. The second-order valence-electron chi connectivity index (χ2n) is 7.83. The number of hydrogen-bond donors (Lipinski definition) is 2.